The second-order valence-corrected chi connectivity index (χ2v) is 8.31. The molecule has 1 aliphatic carbocycles. The molecule has 20 heavy (non-hydrogen) atoms. The molecule has 0 heterocycles. The standard InChI is InChI=1S/C14H20N2O2S2/c1-14(2)7-12(14)8-16-20(17,18)9-10-3-5-11(6-4-10)13(15)19/h3-6,12,16H,7-9H2,1-2H3,(H2,15,19). The Morgan fingerprint density at radius 1 is 1.40 bits per heavy atom. The Labute approximate surface area is 125 Å². The molecule has 0 aliphatic heterocycles. The Kier molecular flexibility index (Phi) is 4.18. The maximum Gasteiger partial charge on any atom is 0.215 e. The highest BCUT2D eigenvalue weighted by molar-refractivity contribution is 7.88. The fraction of sp³-hybridized carbons (Fsp3) is 0.500. The van der Waals surface area contributed by atoms with Gasteiger partial charge in [-0.05, 0) is 23.3 Å². The Morgan fingerprint density at radius 2 is 1.95 bits per heavy atom. The lowest BCUT2D eigenvalue weighted by atomic mass is 10.1. The molecule has 1 aromatic carbocycles. The molecule has 6 heteroatoms. The third-order valence-corrected chi connectivity index (χ3v) is 5.42. The Morgan fingerprint density at radius 3 is 2.40 bits per heavy atom. The van der Waals surface area contributed by atoms with Gasteiger partial charge in [-0.1, -0.05) is 50.3 Å². The predicted octanol–water partition coefficient (Wildman–Crippen LogP) is 1.79. The lowest BCUT2D eigenvalue weighted by Gasteiger charge is -2.08. The number of rotatable bonds is 6. The van der Waals surface area contributed by atoms with E-state index < -0.39 is 10.0 Å². The summed E-state index contributed by atoms with van der Waals surface area (Å²) in [5.41, 5.74) is 7.26. The quantitative estimate of drug-likeness (QED) is 0.786. The molecule has 1 aromatic rings. The molecule has 4 nitrogen and oxygen atoms in total. The van der Waals surface area contributed by atoms with Gasteiger partial charge in [0.2, 0.25) is 10.0 Å². The van der Waals surface area contributed by atoms with Crippen molar-refractivity contribution >= 4 is 27.2 Å². The maximum atomic E-state index is 12.0. The van der Waals surface area contributed by atoms with Crippen molar-refractivity contribution in [2.45, 2.75) is 26.0 Å². The first-order chi connectivity index (χ1) is 9.20. The third-order valence-electron chi connectivity index (χ3n) is 3.86. The van der Waals surface area contributed by atoms with Crippen LogP contribution in [0.25, 0.3) is 0 Å². The van der Waals surface area contributed by atoms with Crippen molar-refractivity contribution < 1.29 is 8.42 Å². The van der Waals surface area contributed by atoms with Gasteiger partial charge in [-0.3, -0.25) is 0 Å². The second kappa shape index (κ2) is 5.42. The number of thiocarbonyl (C=S) groups is 1. The van der Waals surface area contributed by atoms with Crippen molar-refractivity contribution in [2.75, 3.05) is 6.54 Å². The van der Waals surface area contributed by atoms with E-state index in [1.807, 2.05) is 0 Å². The number of nitrogens with two attached hydrogens (primary N) is 1. The van der Waals surface area contributed by atoms with Crippen molar-refractivity contribution in [1.29, 1.82) is 0 Å². The highest BCUT2D eigenvalue weighted by Crippen LogP contribution is 2.51. The SMILES string of the molecule is CC1(C)CC1CNS(=O)(=O)Cc1ccc(C(N)=S)cc1. The largest absolute Gasteiger partial charge is 0.389 e. The molecule has 1 atom stereocenters. The summed E-state index contributed by atoms with van der Waals surface area (Å²) in [6.45, 7) is 4.83. The monoisotopic (exact) mass is 312 g/mol. The zero-order valence-corrected chi connectivity index (χ0v) is 13.4. The number of sulfonamides is 1. The van der Waals surface area contributed by atoms with E-state index in [0.29, 0.717) is 17.5 Å². The van der Waals surface area contributed by atoms with Gasteiger partial charge in [0.1, 0.15) is 4.99 Å². The molecule has 1 aliphatic rings. The van der Waals surface area contributed by atoms with Crippen LogP contribution < -0.4 is 10.5 Å². The molecule has 0 amide bonds. The van der Waals surface area contributed by atoms with Gasteiger partial charge in [0, 0.05) is 12.1 Å². The van der Waals surface area contributed by atoms with Crippen molar-refractivity contribution in [3.05, 3.63) is 35.4 Å². The first-order valence-electron chi connectivity index (χ1n) is 6.56. The molecule has 3 N–H and O–H groups in total. The molecule has 1 fully saturated rings. The van der Waals surface area contributed by atoms with Gasteiger partial charge in [0.05, 0.1) is 5.75 Å². The first-order valence-corrected chi connectivity index (χ1v) is 8.62. The summed E-state index contributed by atoms with van der Waals surface area (Å²) in [5.74, 6) is 0.437. The predicted molar refractivity (Wildman–Crippen MR) is 84.8 cm³/mol. The van der Waals surface area contributed by atoms with Gasteiger partial charge < -0.3 is 5.73 Å². The van der Waals surface area contributed by atoms with Gasteiger partial charge in [-0.15, -0.1) is 0 Å². The molecular weight excluding hydrogens is 292 g/mol. The molecular formula is C14H20N2O2S2. The molecule has 110 valence electrons. The van der Waals surface area contributed by atoms with E-state index in [9.17, 15) is 8.42 Å². The van der Waals surface area contributed by atoms with E-state index >= 15 is 0 Å². The fourth-order valence-corrected chi connectivity index (χ4v) is 3.51. The van der Waals surface area contributed by atoms with Crippen molar-refractivity contribution in [2.24, 2.45) is 17.1 Å². The molecule has 1 unspecified atom stereocenters. The third kappa shape index (κ3) is 4.01. The Bertz CT molecular complexity index is 607. The van der Waals surface area contributed by atoms with E-state index in [1.54, 1.807) is 24.3 Å². The van der Waals surface area contributed by atoms with E-state index in [4.69, 9.17) is 18.0 Å². The van der Waals surface area contributed by atoms with E-state index in [2.05, 4.69) is 18.6 Å². The average molecular weight is 312 g/mol. The molecule has 1 saturated carbocycles. The number of benzene rings is 1. The average Bonchev–Trinajstić information content (AvgIpc) is 2.95. The van der Waals surface area contributed by atoms with Crippen LogP contribution in [0.5, 0.6) is 0 Å². The minimum absolute atomic E-state index is 0.0161. The highest BCUT2D eigenvalue weighted by atomic mass is 32.2. The van der Waals surface area contributed by atoms with Crippen LogP contribution in [-0.2, 0) is 15.8 Å². The van der Waals surface area contributed by atoms with Crippen LogP contribution in [0.3, 0.4) is 0 Å². The summed E-state index contributed by atoms with van der Waals surface area (Å²) in [7, 11) is -3.29. The van der Waals surface area contributed by atoms with E-state index in [1.165, 1.54) is 0 Å². The smallest absolute Gasteiger partial charge is 0.215 e. The second-order valence-electron chi connectivity index (χ2n) is 6.06. The van der Waals surface area contributed by atoms with Gasteiger partial charge >= 0.3 is 0 Å². The number of hydrogen-bond donors (Lipinski definition) is 2. The summed E-state index contributed by atoms with van der Waals surface area (Å²) < 4.78 is 26.7. The molecule has 0 bridgehead atoms. The first kappa shape index (κ1) is 15.4. The van der Waals surface area contributed by atoms with Crippen LogP contribution in [0, 0.1) is 11.3 Å². The fourth-order valence-electron chi connectivity index (χ4n) is 2.19. The highest BCUT2D eigenvalue weighted by Gasteiger charge is 2.45. The van der Waals surface area contributed by atoms with E-state index in [0.717, 1.165) is 17.5 Å². The number of hydrogen-bond acceptors (Lipinski definition) is 3. The molecule has 0 saturated heterocycles. The topological polar surface area (TPSA) is 72.2 Å². The summed E-state index contributed by atoms with van der Waals surface area (Å²) >= 11 is 4.86. The van der Waals surface area contributed by atoms with Crippen LogP contribution >= 0.6 is 12.2 Å². The zero-order chi connectivity index (χ0) is 15.0. The van der Waals surface area contributed by atoms with Gasteiger partial charge in [0.15, 0.2) is 0 Å². The molecule has 0 aromatic heterocycles. The van der Waals surface area contributed by atoms with Crippen LogP contribution in [0.15, 0.2) is 24.3 Å². The minimum atomic E-state index is -3.29. The van der Waals surface area contributed by atoms with Crippen LogP contribution in [0.4, 0.5) is 0 Å². The zero-order valence-electron chi connectivity index (χ0n) is 11.7. The van der Waals surface area contributed by atoms with Crippen LogP contribution in [0.2, 0.25) is 0 Å². The van der Waals surface area contributed by atoms with Crippen molar-refractivity contribution in [3.63, 3.8) is 0 Å². The number of nitrogens with one attached hydrogen (secondary N) is 1. The maximum absolute atomic E-state index is 12.0. The lowest BCUT2D eigenvalue weighted by Crippen LogP contribution is -2.28. The van der Waals surface area contributed by atoms with Crippen LogP contribution in [-0.4, -0.2) is 20.0 Å². The lowest BCUT2D eigenvalue weighted by molar-refractivity contribution is 0.537. The van der Waals surface area contributed by atoms with Crippen molar-refractivity contribution in [1.82, 2.24) is 4.72 Å². The summed E-state index contributed by atoms with van der Waals surface area (Å²) in [6, 6.07) is 6.98. The molecule has 0 spiro atoms. The molecule has 2 rings (SSSR count). The minimum Gasteiger partial charge on any atom is -0.389 e. The van der Waals surface area contributed by atoms with E-state index in [-0.39, 0.29) is 11.2 Å². The molecule has 0 radical (unpaired) electrons. The van der Waals surface area contributed by atoms with Crippen molar-refractivity contribution in [3.8, 4) is 0 Å². The van der Waals surface area contributed by atoms with Gasteiger partial charge in [-0.2, -0.15) is 0 Å². The normalized spacial score (nSPS) is 20.6. The van der Waals surface area contributed by atoms with Gasteiger partial charge in [0.25, 0.3) is 0 Å². The summed E-state index contributed by atoms with van der Waals surface area (Å²) in [6.07, 6.45) is 1.08. The van der Waals surface area contributed by atoms with Crippen LogP contribution in [0.1, 0.15) is 31.4 Å². The Hall–Kier alpha value is -0.980. The Balaban J connectivity index is 1.92. The summed E-state index contributed by atoms with van der Waals surface area (Å²) in [5, 5.41) is 0. The van der Waals surface area contributed by atoms with Gasteiger partial charge in [-0.25, -0.2) is 13.1 Å². The summed E-state index contributed by atoms with van der Waals surface area (Å²) in [4.78, 5) is 0.313.